The molecule has 1 rings (SSSR count). The normalized spacial score (nSPS) is 17.9. The van der Waals surface area contributed by atoms with Gasteiger partial charge in [-0.2, -0.15) is 0 Å². The third-order valence-corrected chi connectivity index (χ3v) is 3.38. The Bertz CT molecular complexity index is 199. The summed E-state index contributed by atoms with van der Waals surface area (Å²) in [6.07, 6.45) is 3.89. The molecule has 14 heavy (non-hydrogen) atoms. The summed E-state index contributed by atoms with van der Waals surface area (Å²) in [5, 5.41) is 3.26. The minimum absolute atomic E-state index is 0.194. The topological polar surface area (TPSA) is 32.3 Å². The highest BCUT2D eigenvalue weighted by Gasteiger charge is 2.39. The van der Waals surface area contributed by atoms with Crippen molar-refractivity contribution in [1.29, 1.82) is 0 Å². The monoisotopic (exact) mass is 198 g/mol. The smallest absolute Gasteiger partial charge is 0.236 e. The van der Waals surface area contributed by atoms with Crippen LogP contribution in [0, 0.1) is 5.41 Å². The fraction of sp³-hybridized carbons (Fsp3) is 0.909. The van der Waals surface area contributed by atoms with Crippen LogP contribution in [0.15, 0.2) is 0 Å². The van der Waals surface area contributed by atoms with Gasteiger partial charge in [0, 0.05) is 20.1 Å². The average molecular weight is 198 g/mol. The van der Waals surface area contributed by atoms with Crippen LogP contribution in [0.2, 0.25) is 0 Å². The highest BCUT2D eigenvalue weighted by molar-refractivity contribution is 5.77. The summed E-state index contributed by atoms with van der Waals surface area (Å²) >= 11 is 0. The molecule has 82 valence electrons. The lowest BCUT2D eigenvalue weighted by molar-refractivity contribution is -0.128. The van der Waals surface area contributed by atoms with Gasteiger partial charge >= 0.3 is 0 Å². The molecule has 0 aromatic rings. The molecule has 0 radical (unpaired) electrons. The first kappa shape index (κ1) is 11.5. The van der Waals surface area contributed by atoms with E-state index in [9.17, 15) is 4.79 Å². The zero-order chi connectivity index (χ0) is 10.6. The summed E-state index contributed by atoms with van der Waals surface area (Å²) in [6, 6.07) is 0. The number of amides is 1. The second-order valence-electron chi connectivity index (χ2n) is 4.37. The van der Waals surface area contributed by atoms with Crippen LogP contribution in [-0.2, 0) is 4.79 Å². The van der Waals surface area contributed by atoms with E-state index >= 15 is 0 Å². The lowest BCUT2D eigenvalue weighted by atomic mass is 10.0. The van der Waals surface area contributed by atoms with Gasteiger partial charge < -0.3 is 10.2 Å². The molecule has 1 amide bonds. The summed E-state index contributed by atoms with van der Waals surface area (Å²) in [5.74, 6) is 0.194. The van der Waals surface area contributed by atoms with Gasteiger partial charge in [-0.25, -0.2) is 0 Å². The third-order valence-electron chi connectivity index (χ3n) is 3.38. The third kappa shape index (κ3) is 2.98. The largest absolute Gasteiger partial charge is 0.345 e. The molecule has 1 saturated carbocycles. The van der Waals surface area contributed by atoms with Gasteiger partial charge in [-0.3, -0.25) is 4.79 Å². The Kier molecular flexibility index (Phi) is 3.93. The van der Waals surface area contributed by atoms with Crippen LogP contribution >= 0.6 is 0 Å². The first-order chi connectivity index (χ1) is 6.63. The minimum atomic E-state index is 0.194. The lowest BCUT2D eigenvalue weighted by Crippen LogP contribution is -2.37. The van der Waals surface area contributed by atoms with Crippen molar-refractivity contribution in [3.8, 4) is 0 Å². The Hall–Kier alpha value is -0.570. The molecule has 0 unspecified atom stereocenters. The Morgan fingerprint density at radius 3 is 2.50 bits per heavy atom. The average Bonchev–Trinajstić information content (AvgIpc) is 2.97. The van der Waals surface area contributed by atoms with Crippen LogP contribution in [0.25, 0.3) is 0 Å². The molecule has 1 aliphatic carbocycles. The van der Waals surface area contributed by atoms with E-state index in [1.807, 2.05) is 14.0 Å². The SMILES string of the molecule is CCN(C)C(=O)CNCC1(CC)CC1. The van der Waals surface area contributed by atoms with Gasteiger partial charge in [0.2, 0.25) is 5.91 Å². The van der Waals surface area contributed by atoms with Crippen molar-refractivity contribution in [2.45, 2.75) is 33.1 Å². The van der Waals surface area contributed by atoms with Crippen LogP contribution < -0.4 is 5.32 Å². The Morgan fingerprint density at radius 2 is 2.07 bits per heavy atom. The zero-order valence-electron chi connectivity index (χ0n) is 9.60. The fourth-order valence-electron chi connectivity index (χ4n) is 1.58. The second-order valence-corrected chi connectivity index (χ2v) is 4.37. The first-order valence-corrected chi connectivity index (χ1v) is 5.58. The molecule has 1 aliphatic rings. The van der Waals surface area contributed by atoms with Gasteiger partial charge in [-0.15, -0.1) is 0 Å². The lowest BCUT2D eigenvalue weighted by Gasteiger charge is -2.17. The van der Waals surface area contributed by atoms with Crippen molar-refractivity contribution in [3.63, 3.8) is 0 Å². The number of carbonyl (C=O) groups excluding carboxylic acids is 1. The van der Waals surface area contributed by atoms with Gasteiger partial charge in [0.1, 0.15) is 0 Å². The van der Waals surface area contributed by atoms with E-state index in [0.717, 1.165) is 13.1 Å². The molecule has 0 heterocycles. The van der Waals surface area contributed by atoms with E-state index < -0.39 is 0 Å². The highest BCUT2D eigenvalue weighted by Crippen LogP contribution is 2.47. The Labute approximate surface area is 86.9 Å². The summed E-state index contributed by atoms with van der Waals surface area (Å²) in [5.41, 5.74) is 0.533. The first-order valence-electron chi connectivity index (χ1n) is 5.58. The van der Waals surface area contributed by atoms with Crippen molar-refractivity contribution in [1.82, 2.24) is 10.2 Å². The number of nitrogens with one attached hydrogen (secondary N) is 1. The number of carbonyl (C=O) groups is 1. The van der Waals surface area contributed by atoms with Gasteiger partial charge in [0.05, 0.1) is 6.54 Å². The Morgan fingerprint density at radius 1 is 1.43 bits per heavy atom. The van der Waals surface area contributed by atoms with E-state index in [2.05, 4.69) is 12.2 Å². The van der Waals surface area contributed by atoms with Crippen LogP contribution in [0.5, 0.6) is 0 Å². The maximum atomic E-state index is 11.4. The van der Waals surface area contributed by atoms with Gasteiger partial charge in [0.15, 0.2) is 0 Å². The maximum absolute atomic E-state index is 11.4. The van der Waals surface area contributed by atoms with E-state index in [1.165, 1.54) is 19.3 Å². The van der Waals surface area contributed by atoms with Gasteiger partial charge in [0.25, 0.3) is 0 Å². The number of rotatable bonds is 6. The quantitative estimate of drug-likeness (QED) is 0.696. The number of hydrogen-bond donors (Lipinski definition) is 1. The highest BCUT2D eigenvalue weighted by atomic mass is 16.2. The minimum Gasteiger partial charge on any atom is -0.345 e. The van der Waals surface area contributed by atoms with Crippen molar-refractivity contribution in [2.24, 2.45) is 5.41 Å². The second kappa shape index (κ2) is 4.78. The molecule has 0 saturated heterocycles. The zero-order valence-corrected chi connectivity index (χ0v) is 9.60. The summed E-state index contributed by atoms with van der Waals surface area (Å²) in [4.78, 5) is 13.2. The summed E-state index contributed by atoms with van der Waals surface area (Å²) in [7, 11) is 1.84. The molecular formula is C11H22N2O. The molecule has 0 aromatic heterocycles. The predicted octanol–water partition coefficient (Wildman–Crippen LogP) is 1.24. The summed E-state index contributed by atoms with van der Waals surface area (Å²) < 4.78 is 0. The van der Waals surface area contributed by atoms with E-state index in [-0.39, 0.29) is 5.91 Å². The van der Waals surface area contributed by atoms with E-state index in [4.69, 9.17) is 0 Å². The number of hydrogen-bond acceptors (Lipinski definition) is 2. The molecule has 3 nitrogen and oxygen atoms in total. The molecule has 0 atom stereocenters. The molecule has 0 aromatic carbocycles. The van der Waals surface area contributed by atoms with Crippen LogP contribution in [0.4, 0.5) is 0 Å². The van der Waals surface area contributed by atoms with E-state index in [0.29, 0.717) is 12.0 Å². The predicted molar refractivity (Wildman–Crippen MR) is 58.1 cm³/mol. The van der Waals surface area contributed by atoms with Crippen molar-refractivity contribution in [2.75, 3.05) is 26.7 Å². The van der Waals surface area contributed by atoms with Crippen LogP contribution in [-0.4, -0.2) is 37.5 Å². The number of nitrogens with zero attached hydrogens (tertiary/aromatic N) is 1. The van der Waals surface area contributed by atoms with Crippen LogP contribution in [0.3, 0.4) is 0 Å². The van der Waals surface area contributed by atoms with Gasteiger partial charge in [-0.05, 0) is 31.6 Å². The van der Waals surface area contributed by atoms with Crippen molar-refractivity contribution >= 4 is 5.91 Å². The molecule has 3 heteroatoms. The Balaban J connectivity index is 2.12. The molecule has 1 N–H and O–H groups in total. The molecular weight excluding hydrogens is 176 g/mol. The molecule has 0 aliphatic heterocycles. The van der Waals surface area contributed by atoms with Crippen molar-refractivity contribution < 1.29 is 4.79 Å². The molecule has 1 fully saturated rings. The van der Waals surface area contributed by atoms with Crippen LogP contribution in [0.1, 0.15) is 33.1 Å². The van der Waals surface area contributed by atoms with Crippen molar-refractivity contribution in [3.05, 3.63) is 0 Å². The standard InChI is InChI=1S/C11H22N2O/c1-4-11(6-7-11)9-12-8-10(14)13(3)5-2/h12H,4-9H2,1-3H3. The number of likely N-dealkylation sites (N-methyl/N-ethyl adjacent to an activating group) is 1. The molecule has 0 bridgehead atoms. The fourth-order valence-corrected chi connectivity index (χ4v) is 1.58. The molecule has 0 spiro atoms. The van der Waals surface area contributed by atoms with E-state index in [1.54, 1.807) is 4.90 Å². The summed E-state index contributed by atoms with van der Waals surface area (Å²) in [6.45, 7) is 6.51. The maximum Gasteiger partial charge on any atom is 0.236 e. The van der Waals surface area contributed by atoms with Gasteiger partial charge in [-0.1, -0.05) is 6.92 Å².